The molecule has 0 fully saturated rings. The number of nitrogens with zero attached hydrogens (tertiary/aromatic N) is 3. The topological polar surface area (TPSA) is 70.7 Å². The normalized spacial score (nSPS) is 11.4. The Bertz CT molecular complexity index is 1100. The summed E-state index contributed by atoms with van der Waals surface area (Å²) in [4.78, 5) is 17.5. The minimum atomic E-state index is -4.55. The van der Waals surface area contributed by atoms with Crippen molar-refractivity contribution in [3.63, 3.8) is 0 Å². The maximum absolute atomic E-state index is 12.9. The molecule has 5 nitrogen and oxygen atoms in total. The van der Waals surface area contributed by atoms with E-state index in [1.54, 1.807) is 18.2 Å². The lowest BCUT2D eigenvalue weighted by Gasteiger charge is -2.14. The zero-order valence-electron chi connectivity index (χ0n) is 14.0. The highest BCUT2D eigenvalue weighted by Gasteiger charge is 2.30. The van der Waals surface area contributed by atoms with E-state index in [1.165, 1.54) is 24.2 Å². The van der Waals surface area contributed by atoms with Crippen molar-refractivity contribution in [1.29, 1.82) is 5.26 Å². The van der Waals surface area contributed by atoms with Gasteiger partial charge in [0.05, 0.1) is 33.8 Å². The van der Waals surface area contributed by atoms with Gasteiger partial charge in [-0.05, 0) is 42.2 Å². The molecule has 1 aromatic heterocycles. The molecule has 27 heavy (non-hydrogen) atoms. The first-order valence-electron chi connectivity index (χ1n) is 7.86. The van der Waals surface area contributed by atoms with Crippen LogP contribution in [0.2, 0.25) is 0 Å². The number of halogens is 3. The molecule has 0 aliphatic heterocycles. The van der Waals surface area contributed by atoms with Crippen molar-refractivity contribution in [2.24, 2.45) is 0 Å². The molecule has 0 radical (unpaired) electrons. The zero-order valence-corrected chi connectivity index (χ0v) is 14.9. The third kappa shape index (κ3) is 3.90. The Kier molecular flexibility index (Phi) is 5.10. The summed E-state index contributed by atoms with van der Waals surface area (Å²) in [5.74, 6) is 0.764. The highest BCUT2D eigenvalue weighted by Crippen LogP contribution is 2.30. The summed E-state index contributed by atoms with van der Waals surface area (Å²) < 4.78 is 39.8. The first-order valence-corrected chi connectivity index (χ1v) is 8.84. The molecule has 0 unspecified atom stereocenters. The Hall–Kier alpha value is -2.99. The third-order valence-corrected chi connectivity index (χ3v) is 4.69. The number of benzene rings is 2. The van der Waals surface area contributed by atoms with Crippen LogP contribution in [0, 0.1) is 11.3 Å². The molecule has 3 rings (SSSR count). The molecule has 0 bridgehead atoms. The Morgan fingerprint density at radius 1 is 1.26 bits per heavy atom. The number of nitriles is 1. The van der Waals surface area contributed by atoms with E-state index in [-0.39, 0.29) is 10.9 Å². The molecule has 0 atom stereocenters. The monoisotopic (exact) mass is 390 g/mol. The van der Waals surface area contributed by atoms with E-state index in [0.717, 1.165) is 27.5 Å². The second kappa shape index (κ2) is 7.32. The van der Waals surface area contributed by atoms with Crippen molar-refractivity contribution >= 4 is 28.4 Å². The van der Waals surface area contributed by atoms with Gasteiger partial charge in [-0.2, -0.15) is 18.4 Å². The van der Waals surface area contributed by atoms with E-state index in [9.17, 15) is 18.0 Å². The molecule has 0 spiro atoms. The molecule has 138 valence electrons. The lowest BCUT2D eigenvalue weighted by molar-refractivity contribution is -0.137. The third-order valence-electron chi connectivity index (χ3n) is 3.73. The van der Waals surface area contributed by atoms with Gasteiger partial charge in [0.1, 0.15) is 6.33 Å². The first-order chi connectivity index (χ1) is 12.8. The Balaban J connectivity index is 2.09. The first kappa shape index (κ1) is 18.8. The second-order valence-corrected chi connectivity index (χ2v) is 6.82. The van der Waals surface area contributed by atoms with Gasteiger partial charge in [0, 0.05) is 4.90 Å². The number of rotatable bonds is 4. The fraction of sp³-hybridized carbons (Fsp3) is 0.167. The maximum Gasteiger partial charge on any atom is 0.416 e. The number of aromatic nitrogens is 2. The number of nitrogens with one attached hydrogen (secondary N) is 1. The molecule has 0 saturated carbocycles. The molecular weight excluding hydrogens is 377 g/mol. The van der Waals surface area contributed by atoms with E-state index in [1.807, 2.05) is 13.0 Å². The zero-order chi connectivity index (χ0) is 19.6. The summed E-state index contributed by atoms with van der Waals surface area (Å²) >= 11 is 1.50. The van der Waals surface area contributed by atoms with Crippen LogP contribution in [0.1, 0.15) is 18.1 Å². The Morgan fingerprint density at radius 2 is 2.04 bits per heavy atom. The van der Waals surface area contributed by atoms with Crippen LogP contribution >= 0.6 is 11.8 Å². The van der Waals surface area contributed by atoms with E-state index >= 15 is 0 Å². The van der Waals surface area contributed by atoms with Crippen molar-refractivity contribution in [2.75, 3.05) is 11.2 Å². The molecule has 1 heterocycles. The van der Waals surface area contributed by atoms with Gasteiger partial charge in [-0.15, -0.1) is 11.8 Å². The molecule has 2 aromatic carbocycles. The van der Waals surface area contributed by atoms with Crippen LogP contribution in [0.5, 0.6) is 0 Å². The number of thioether (sulfide) groups is 1. The van der Waals surface area contributed by atoms with Crippen LogP contribution < -0.4 is 11.0 Å². The predicted octanol–water partition coefficient (Wildman–Crippen LogP) is 4.27. The minimum Gasteiger partial charge on any atom is -0.289 e. The number of alkyl halides is 3. The summed E-state index contributed by atoms with van der Waals surface area (Å²) in [5, 5.41) is 8.93. The maximum atomic E-state index is 12.9. The average Bonchev–Trinajstić information content (AvgIpc) is 2.64. The lowest BCUT2D eigenvalue weighted by atomic mass is 10.1. The van der Waals surface area contributed by atoms with Gasteiger partial charge in [-0.3, -0.25) is 10.2 Å². The minimum absolute atomic E-state index is 0.152. The van der Waals surface area contributed by atoms with Crippen LogP contribution in [-0.4, -0.2) is 15.4 Å². The summed E-state index contributed by atoms with van der Waals surface area (Å²) in [6, 6.07) is 9.82. The van der Waals surface area contributed by atoms with Gasteiger partial charge in [-0.1, -0.05) is 6.92 Å². The number of fused-ring (bicyclic) bond motifs is 1. The largest absolute Gasteiger partial charge is 0.416 e. The second-order valence-electron chi connectivity index (χ2n) is 5.52. The van der Waals surface area contributed by atoms with Gasteiger partial charge in [0.2, 0.25) is 0 Å². The summed E-state index contributed by atoms with van der Waals surface area (Å²) in [6.07, 6.45) is -3.35. The molecule has 9 heteroatoms. The smallest absolute Gasteiger partial charge is 0.289 e. The van der Waals surface area contributed by atoms with Crippen LogP contribution in [0.15, 0.2) is 52.4 Å². The van der Waals surface area contributed by atoms with E-state index < -0.39 is 17.3 Å². The molecule has 0 aliphatic carbocycles. The molecule has 3 aromatic rings. The summed E-state index contributed by atoms with van der Waals surface area (Å²) in [6.45, 7) is 1.95. The Labute approximate surface area is 156 Å². The lowest BCUT2D eigenvalue weighted by Crippen LogP contribution is -2.27. The quantitative estimate of drug-likeness (QED) is 0.674. The summed E-state index contributed by atoms with van der Waals surface area (Å²) in [7, 11) is 0. The fourth-order valence-electron chi connectivity index (χ4n) is 2.48. The molecule has 0 aliphatic rings. The Morgan fingerprint density at radius 3 is 2.70 bits per heavy atom. The molecular formula is C18H13F3N4OS. The van der Waals surface area contributed by atoms with Crippen molar-refractivity contribution in [2.45, 2.75) is 18.0 Å². The molecule has 1 N–H and O–H groups in total. The van der Waals surface area contributed by atoms with Crippen LogP contribution in [0.25, 0.3) is 10.9 Å². The number of hydrogen-bond donors (Lipinski definition) is 1. The van der Waals surface area contributed by atoms with Crippen LogP contribution in [0.3, 0.4) is 0 Å². The standard InChI is InChI=1S/C18H13F3N4OS/c1-2-27-16-6-3-11(9-22)7-15(16)24-25-10-23-14-5-4-12(18(19,20)21)8-13(14)17(25)26/h3-8,10,24H,2H2,1H3. The van der Waals surface area contributed by atoms with Crippen LogP contribution in [0.4, 0.5) is 18.9 Å². The van der Waals surface area contributed by atoms with E-state index in [4.69, 9.17) is 5.26 Å². The highest BCUT2D eigenvalue weighted by molar-refractivity contribution is 7.99. The van der Waals surface area contributed by atoms with E-state index in [0.29, 0.717) is 11.3 Å². The van der Waals surface area contributed by atoms with Crippen molar-refractivity contribution < 1.29 is 13.2 Å². The summed E-state index contributed by atoms with van der Waals surface area (Å²) in [5.41, 5.74) is 2.31. The molecule has 0 saturated heterocycles. The SMILES string of the molecule is CCSc1ccc(C#N)cc1Nn1cnc2ccc(C(F)(F)F)cc2c1=O. The van der Waals surface area contributed by atoms with Crippen LogP contribution in [-0.2, 0) is 6.18 Å². The van der Waals surface area contributed by atoms with Crippen molar-refractivity contribution in [1.82, 2.24) is 9.66 Å². The highest BCUT2D eigenvalue weighted by atomic mass is 32.2. The van der Waals surface area contributed by atoms with E-state index in [2.05, 4.69) is 10.4 Å². The van der Waals surface area contributed by atoms with Gasteiger partial charge < -0.3 is 0 Å². The number of anilines is 1. The molecule has 0 amide bonds. The number of hydrogen-bond acceptors (Lipinski definition) is 5. The fourth-order valence-corrected chi connectivity index (χ4v) is 3.21. The predicted molar refractivity (Wildman–Crippen MR) is 97.6 cm³/mol. The average molecular weight is 390 g/mol. The van der Waals surface area contributed by atoms with Gasteiger partial charge in [0.15, 0.2) is 0 Å². The van der Waals surface area contributed by atoms with Gasteiger partial charge in [-0.25, -0.2) is 9.66 Å². The van der Waals surface area contributed by atoms with Gasteiger partial charge >= 0.3 is 6.18 Å². The van der Waals surface area contributed by atoms with Gasteiger partial charge in [0.25, 0.3) is 5.56 Å². The van der Waals surface area contributed by atoms with Crippen molar-refractivity contribution in [3.05, 3.63) is 64.2 Å². The van der Waals surface area contributed by atoms with Crippen molar-refractivity contribution in [3.8, 4) is 6.07 Å².